The Labute approximate surface area is 177 Å². The molecule has 1 saturated heterocycles. The van der Waals surface area contributed by atoms with Gasteiger partial charge in [-0.15, -0.1) is 0 Å². The number of anilines is 1. The van der Waals surface area contributed by atoms with Crippen LogP contribution in [0.3, 0.4) is 0 Å². The van der Waals surface area contributed by atoms with Crippen LogP contribution in [0.5, 0.6) is 0 Å². The number of carbonyl (C=O) groups excluding carboxylic acids is 2. The highest BCUT2D eigenvalue weighted by Crippen LogP contribution is 2.25. The minimum Gasteiger partial charge on any atom is -0.336 e. The summed E-state index contributed by atoms with van der Waals surface area (Å²) in [4.78, 5) is 39.0. The summed E-state index contributed by atoms with van der Waals surface area (Å²) in [6.45, 7) is 1.83. The Hall–Kier alpha value is -2.68. The molecule has 1 fully saturated rings. The van der Waals surface area contributed by atoms with Crippen molar-refractivity contribution in [1.29, 1.82) is 0 Å². The molecule has 0 radical (unpaired) electrons. The summed E-state index contributed by atoms with van der Waals surface area (Å²) in [5, 5.41) is 14.6. The van der Waals surface area contributed by atoms with Gasteiger partial charge in [-0.1, -0.05) is 35.3 Å². The molecule has 3 rings (SSSR count). The number of nitrogens with one attached hydrogen (secondary N) is 1. The number of halogens is 2. The van der Waals surface area contributed by atoms with E-state index in [-0.39, 0.29) is 28.7 Å². The van der Waals surface area contributed by atoms with Crippen molar-refractivity contribution in [3.8, 4) is 0 Å². The minimum absolute atomic E-state index is 0.00399. The molecule has 8 nitrogen and oxygen atoms in total. The van der Waals surface area contributed by atoms with E-state index in [4.69, 9.17) is 23.2 Å². The first kappa shape index (κ1) is 21.0. The molecule has 1 aliphatic heterocycles. The van der Waals surface area contributed by atoms with Crippen LogP contribution in [0.1, 0.15) is 10.4 Å². The summed E-state index contributed by atoms with van der Waals surface area (Å²) in [5.74, 6) is -0.625. The van der Waals surface area contributed by atoms with Gasteiger partial charge in [-0.2, -0.15) is 0 Å². The first-order valence-electron chi connectivity index (χ1n) is 8.85. The van der Waals surface area contributed by atoms with Crippen LogP contribution >= 0.6 is 23.2 Å². The van der Waals surface area contributed by atoms with Crippen LogP contribution in [0.2, 0.25) is 10.0 Å². The second-order valence-corrected chi connectivity index (χ2v) is 7.36. The molecule has 1 N–H and O–H groups in total. The molecule has 1 heterocycles. The van der Waals surface area contributed by atoms with E-state index in [1.165, 1.54) is 18.2 Å². The summed E-state index contributed by atoms with van der Waals surface area (Å²) < 4.78 is 0. The molecule has 2 aromatic carbocycles. The summed E-state index contributed by atoms with van der Waals surface area (Å²) in [6.07, 6.45) is 0. The van der Waals surface area contributed by atoms with E-state index >= 15 is 0 Å². The van der Waals surface area contributed by atoms with Gasteiger partial charge >= 0.3 is 0 Å². The van der Waals surface area contributed by atoms with Gasteiger partial charge in [0.05, 0.1) is 22.2 Å². The first-order valence-corrected chi connectivity index (χ1v) is 9.60. The zero-order valence-corrected chi connectivity index (χ0v) is 16.8. The molecule has 0 aromatic heterocycles. The van der Waals surface area contributed by atoms with Gasteiger partial charge in [-0.3, -0.25) is 24.6 Å². The summed E-state index contributed by atoms with van der Waals surface area (Å²) >= 11 is 11.8. The Morgan fingerprint density at radius 2 is 1.76 bits per heavy atom. The predicted molar refractivity (Wildman–Crippen MR) is 111 cm³/mol. The Morgan fingerprint density at radius 3 is 2.41 bits per heavy atom. The van der Waals surface area contributed by atoms with Crippen molar-refractivity contribution in [2.24, 2.45) is 0 Å². The van der Waals surface area contributed by atoms with Crippen molar-refractivity contribution < 1.29 is 14.5 Å². The first-order chi connectivity index (χ1) is 13.8. The Kier molecular flexibility index (Phi) is 6.68. The summed E-state index contributed by atoms with van der Waals surface area (Å²) in [6, 6.07) is 11.0. The highest BCUT2D eigenvalue weighted by Gasteiger charge is 2.28. The quantitative estimate of drug-likeness (QED) is 0.572. The van der Waals surface area contributed by atoms with Crippen LogP contribution in [0, 0.1) is 10.1 Å². The topological polar surface area (TPSA) is 95.8 Å². The minimum atomic E-state index is -0.617. The van der Waals surface area contributed by atoms with E-state index in [9.17, 15) is 19.7 Å². The zero-order valence-electron chi connectivity index (χ0n) is 15.3. The van der Waals surface area contributed by atoms with E-state index < -0.39 is 10.8 Å². The fraction of sp³-hybridized carbons (Fsp3) is 0.263. The van der Waals surface area contributed by atoms with Crippen LogP contribution < -0.4 is 5.32 Å². The number of para-hydroxylation sites is 1. The van der Waals surface area contributed by atoms with Crippen LogP contribution in [-0.2, 0) is 4.79 Å². The second kappa shape index (κ2) is 9.21. The normalized spacial score (nSPS) is 14.5. The Bertz CT molecular complexity index is 946. The third-order valence-electron chi connectivity index (χ3n) is 4.56. The fourth-order valence-corrected chi connectivity index (χ4v) is 3.42. The van der Waals surface area contributed by atoms with Gasteiger partial charge in [0.2, 0.25) is 5.91 Å². The summed E-state index contributed by atoms with van der Waals surface area (Å²) in [7, 11) is 0. The molecule has 0 aliphatic carbocycles. The van der Waals surface area contributed by atoms with Gasteiger partial charge in [0, 0.05) is 37.3 Å². The molecule has 0 spiro atoms. The average molecular weight is 437 g/mol. The SMILES string of the molecule is O=C(CN1CCN(C(=O)c2ccc(Cl)cc2[N+](=O)[O-])CC1)Nc1ccccc1Cl. The highest BCUT2D eigenvalue weighted by molar-refractivity contribution is 6.33. The number of rotatable bonds is 5. The zero-order chi connectivity index (χ0) is 21.0. The van der Waals surface area contributed by atoms with Crippen molar-refractivity contribution in [2.75, 3.05) is 38.0 Å². The molecular formula is C19H18Cl2N4O4. The number of nitrogens with zero attached hydrogens (tertiary/aromatic N) is 3. The highest BCUT2D eigenvalue weighted by atomic mass is 35.5. The summed E-state index contributed by atoms with van der Waals surface area (Å²) in [5.41, 5.74) is 0.233. The van der Waals surface area contributed by atoms with Crippen molar-refractivity contribution in [3.05, 3.63) is 68.2 Å². The molecular weight excluding hydrogens is 419 g/mol. The average Bonchev–Trinajstić information content (AvgIpc) is 2.69. The molecule has 2 amide bonds. The van der Waals surface area contributed by atoms with E-state index in [2.05, 4.69) is 5.32 Å². The van der Waals surface area contributed by atoms with Gasteiger partial charge < -0.3 is 10.2 Å². The van der Waals surface area contributed by atoms with Crippen LogP contribution in [0.15, 0.2) is 42.5 Å². The standard InChI is InChI=1S/C19H18Cl2N4O4/c20-13-5-6-14(17(11-13)25(28)29)19(27)24-9-7-23(8-10-24)12-18(26)22-16-4-2-1-3-15(16)21/h1-6,11H,7-10,12H2,(H,22,26). The number of nitro groups is 1. The third kappa shape index (κ3) is 5.23. The lowest BCUT2D eigenvalue weighted by molar-refractivity contribution is -0.385. The number of amides is 2. The third-order valence-corrected chi connectivity index (χ3v) is 5.13. The molecule has 2 aromatic rings. The maximum Gasteiger partial charge on any atom is 0.283 e. The number of carbonyl (C=O) groups is 2. The molecule has 0 saturated carbocycles. The van der Waals surface area contributed by atoms with Crippen molar-refractivity contribution in [2.45, 2.75) is 0 Å². The van der Waals surface area contributed by atoms with E-state index in [0.717, 1.165) is 0 Å². The van der Waals surface area contributed by atoms with Gasteiger partial charge in [0.1, 0.15) is 5.56 Å². The fourth-order valence-electron chi connectivity index (χ4n) is 3.07. The van der Waals surface area contributed by atoms with Gasteiger partial charge in [0.25, 0.3) is 11.6 Å². The van der Waals surface area contributed by atoms with Gasteiger partial charge in [-0.25, -0.2) is 0 Å². The number of nitro benzene ring substituents is 1. The lowest BCUT2D eigenvalue weighted by atomic mass is 10.1. The predicted octanol–water partition coefficient (Wildman–Crippen LogP) is 3.30. The molecule has 0 unspecified atom stereocenters. The van der Waals surface area contributed by atoms with E-state index in [1.807, 2.05) is 4.90 Å². The van der Waals surface area contributed by atoms with Crippen LogP contribution in [-0.4, -0.2) is 59.3 Å². The van der Waals surface area contributed by atoms with Crippen molar-refractivity contribution in [3.63, 3.8) is 0 Å². The van der Waals surface area contributed by atoms with Crippen LogP contribution in [0.25, 0.3) is 0 Å². The Morgan fingerprint density at radius 1 is 1.07 bits per heavy atom. The van der Waals surface area contributed by atoms with Crippen LogP contribution in [0.4, 0.5) is 11.4 Å². The molecule has 152 valence electrons. The molecule has 29 heavy (non-hydrogen) atoms. The lowest BCUT2D eigenvalue weighted by Crippen LogP contribution is -2.50. The lowest BCUT2D eigenvalue weighted by Gasteiger charge is -2.34. The number of hydrogen-bond acceptors (Lipinski definition) is 5. The molecule has 0 atom stereocenters. The van der Waals surface area contributed by atoms with Gasteiger partial charge in [-0.05, 0) is 24.3 Å². The second-order valence-electron chi connectivity index (χ2n) is 6.51. The van der Waals surface area contributed by atoms with E-state index in [0.29, 0.717) is 36.9 Å². The van der Waals surface area contributed by atoms with E-state index in [1.54, 1.807) is 29.2 Å². The maximum atomic E-state index is 12.7. The smallest absolute Gasteiger partial charge is 0.283 e. The molecule has 10 heteroatoms. The van der Waals surface area contributed by atoms with Crippen molar-refractivity contribution >= 4 is 46.4 Å². The van der Waals surface area contributed by atoms with Gasteiger partial charge in [0.15, 0.2) is 0 Å². The largest absolute Gasteiger partial charge is 0.336 e. The molecule has 1 aliphatic rings. The van der Waals surface area contributed by atoms with Crippen molar-refractivity contribution in [1.82, 2.24) is 9.80 Å². The number of benzene rings is 2. The maximum absolute atomic E-state index is 12.7. The number of hydrogen-bond donors (Lipinski definition) is 1. The molecule has 0 bridgehead atoms. The Balaban J connectivity index is 1.57. The monoisotopic (exact) mass is 436 g/mol. The number of piperazine rings is 1.